The van der Waals surface area contributed by atoms with E-state index in [1.165, 1.54) is 0 Å². The van der Waals surface area contributed by atoms with E-state index in [4.69, 9.17) is 10.6 Å². The largest absolute Gasteiger partial charge is 0.383 e. The summed E-state index contributed by atoms with van der Waals surface area (Å²) < 4.78 is 6.09. The lowest BCUT2D eigenvalue weighted by Gasteiger charge is -2.28. The summed E-state index contributed by atoms with van der Waals surface area (Å²) in [6.07, 6.45) is 1.08. The third-order valence-corrected chi connectivity index (χ3v) is 4.35. The van der Waals surface area contributed by atoms with Crippen molar-refractivity contribution in [3.8, 4) is 0 Å². The van der Waals surface area contributed by atoms with Gasteiger partial charge in [0.2, 0.25) is 0 Å². The molecule has 118 valence electrons. The Morgan fingerprint density at radius 2 is 2.24 bits per heavy atom. The molecule has 1 atom stereocenters. The number of nitrogens with one attached hydrogen (secondary N) is 1. The first-order valence-corrected chi connectivity index (χ1v) is 7.85. The summed E-state index contributed by atoms with van der Waals surface area (Å²) in [4.78, 5) is 13.9. The molecule has 1 aromatic rings. The lowest BCUT2D eigenvalue weighted by atomic mass is 10.1. The number of nitrogens with two attached hydrogens (primary N) is 1. The molecule has 0 aliphatic heterocycles. The summed E-state index contributed by atoms with van der Waals surface area (Å²) in [5, 5.41) is 0. The van der Waals surface area contributed by atoms with Gasteiger partial charge in [-0.2, -0.15) is 0 Å². The van der Waals surface area contributed by atoms with Crippen LogP contribution in [0.3, 0.4) is 0 Å². The zero-order chi connectivity index (χ0) is 15.8. The normalized spacial score (nSPS) is 12.5. The number of halogens is 1. The number of ether oxygens (including phenoxy) is 1. The zero-order valence-electron chi connectivity index (χ0n) is 12.9. The highest BCUT2D eigenvalue weighted by Crippen LogP contribution is 2.21. The predicted molar refractivity (Wildman–Crippen MR) is 87.8 cm³/mol. The number of nitrogen functional groups attached to an aromatic ring is 1. The van der Waals surface area contributed by atoms with Gasteiger partial charge >= 0.3 is 0 Å². The van der Waals surface area contributed by atoms with Crippen LogP contribution < -0.4 is 11.3 Å². The minimum atomic E-state index is -0.291. The topological polar surface area (TPSA) is 67.6 Å². The van der Waals surface area contributed by atoms with Crippen LogP contribution in [0.2, 0.25) is 0 Å². The molecule has 1 rings (SSSR count). The van der Waals surface area contributed by atoms with E-state index in [1.807, 2.05) is 6.07 Å². The van der Waals surface area contributed by atoms with E-state index in [0.717, 1.165) is 29.5 Å². The Bertz CT molecular complexity index is 468. The molecule has 1 aromatic carbocycles. The highest BCUT2D eigenvalue weighted by atomic mass is 79.9. The van der Waals surface area contributed by atoms with Crippen molar-refractivity contribution in [1.82, 2.24) is 10.3 Å². The van der Waals surface area contributed by atoms with Gasteiger partial charge in [0.1, 0.15) is 0 Å². The maximum atomic E-state index is 11.5. The number of hydrogen-bond donors (Lipinski definition) is 2. The third kappa shape index (κ3) is 5.39. The Hall–Kier alpha value is -0.950. The van der Waals surface area contributed by atoms with Gasteiger partial charge in [0, 0.05) is 36.3 Å². The van der Waals surface area contributed by atoms with Crippen molar-refractivity contribution < 1.29 is 9.53 Å². The number of nitrogens with zero attached hydrogens (tertiary/aromatic N) is 1. The molecular weight excluding hydrogens is 334 g/mol. The minimum absolute atomic E-state index is 0.291. The van der Waals surface area contributed by atoms with Gasteiger partial charge in [0.25, 0.3) is 5.91 Å². The number of hydrogen-bond acceptors (Lipinski definition) is 4. The average molecular weight is 358 g/mol. The monoisotopic (exact) mass is 357 g/mol. The summed E-state index contributed by atoms with van der Waals surface area (Å²) in [5.41, 5.74) is 3.82. The molecule has 0 heterocycles. The van der Waals surface area contributed by atoms with E-state index in [9.17, 15) is 4.79 Å². The Balaban J connectivity index is 2.85. The van der Waals surface area contributed by atoms with Crippen LogP contribution in [0.15, 0.2) is 22.7 Å². The SMILES string of the molecule is CCC(C)N(CCOC)Cc1ccc(C(=O)NN)cc1Br. The smallest absolute Gasteiger partial charge is 0.265 e. The number of benzene rings is 1. The van der Waals surface area contributed by atoms with Crippen molar-refractivity contribution in [3.05, 3.63) is 33.8 Å². The highest BCUT2D eigenvalue weighted by Gasteiger charge is 2.15. The molecule has 0 aliphatic carbocycles. The minimum Gasteiger partial charge on any atom is -0.383 e. The first kappa shape index (κ1) is 18.1. The van der Waals surface area contributed by atoms with Crippen LogP contribution in [-0.4, -0.2) is 37.1 Å². The maximum absolute atomic E-state index is 11.5. The summed E-state index contributed by atoms with van der Waals surface area (Å²) in [5.74, 6) is 4.86. The number of methoxy groups -OCH3 is 1. The van der Waals surface area contributed by atoms with Gasteiger partial charge in [-0.05, 0) is 31.0 Å². The van der Waals surface area contributed by atoms with E-state index < -0.39 is 0 Å². The van der Waals surface area contributed by atoms with Crippen LogP contribution in [0.1, 0.15) is 36.2 Å². The van der Waals surface area contributed by atoms with Crippen molar-refractivity contribution in [2.45, 2.75) is 32.9 Å². The van der Waals surface area contributed by atoms with Crippen LogP contribution in [0, 0.1) is 0 Å². The number of amides is 1. The van der Waals surface area contributed by atoms with Crippen molar-refractivity contribution >= 4 is 21.8 Å². The highest BCUT2D eigenvalue weighted by molar-refractivity contribution is 9.10. The molecule has 1 unspecified atom stereocenters. The molecule has 0 radical (unpaired) electrons. The fraction of sp³-hybridized carbons (Fsp3) is 0.533. The van der Waals surface area contributed by atoms with Gasteiger partial charge in [0.15, 0.2) is 0 Å². The van der Waals surface area contributed by atoms with Crippen LogP contribution in [-0.2, 0) is 11.3 Å². The fourth-order valence-electron chi connectivity index (χ4n) is 2.04. The molecule has 0 aliphatic rings. The van der Waals surface area contributed by atoms with Crippen molar-refractivity contribution in [1.29, 1.82) is 0 Å². The fourth-order valence-corrected chi connectivity index (χ4v) is 2.55. The number of carbonyl (C=O) groups excluding carboxylic acids is 1. The molecule has 1 amide bonds. The Morgan fingerprint density at radius 1 is 1.52 bits per heavy atom. The molecule has 0 fully saturated rings. The van der Waals surface area contributed by atoms with Crippen LogP contribution in [0.5, 0.6) is 0 Å². The molecule has 21 heavy (non-hydrogen) atoms. The first-order chi connectivity index (χ1) is 10.0. The van der Waals surface area contributed by atoms with Gasteiger partial charge < -0.3 is 4.74 Å². The quantitative estimate of drug-likeness (QED) is 0.425. The molecule has 5 nitrogen and oxygen atoms in total. The van der Waals surface area contributed by atoms with Gasteiger partial charge in [-0.3, -0.25) is 15.1 Å². The van der Waals surface area contributed by atoms with Gasteiger partial charge in [0.05, 0.1) is 6.61 Å². The van der Waals surface area contributed by atoms with E-state index >= 15 is 0 Å². The van der Waals surface area contributed by atoms with Crippen LogP contribution in [0.4, 0.5) is 0 Å². The number of rotatable bonds is 8. The standard InChI is InChI=1S/C15H24BrN3O2/c1-4-11(2)19(7-8-21-3)10-13-6-5-12(9-14(13)16)15(20)18-17/h5-6,9,11H,4,7-8,10,17H2,1-3H3,(H,18,20). The number of hydrazine groups is 1. The van der Waals surface area contributed by atoms with Gasteiger partial charge in [-0.15, -0.1) is 0 Å². The Morgan fingerprint density at radius 3 is 2.76 bits per heavy atom. The van der Waals surface area contributed by atoms with E-state index in [1.54, 1.807) is 19.2 Å². The molecule has 0 saturated heterocycles. The van der Waals surface area contributed by atoms with Crippen molar-refractivity contribution in [3.63, 3.8) is 0 Å². The van der Waals surface area contributed by atoms with Crippen molar-refractivity contribution in [2.75, 3.05) is 20.3 Å². The maximum Gasteiger partial charge on any atom is 0.265 e. The molecular formula is C15H24BrN3O2. The molecule has 3 N–H and O–H groups in total. The van der Waals surface area contributed by atoms with Crippen LogP contribution in [0.25, 0.3) is 0 Å². The van der Waals surface area contributed by atoms with Crippen molar-refractivity contribution in [2.24, 2.45) is 5.84 Å². The van der Waals surface area contributed by atoms with E-state index in [-0.39, 0.29) is 5.91 Å². The average Bonchev–Trinajstić information content (AvgIpc) is 2.51. The second-order valence-corrected chi connectivity index (χ2v) is 5.85. The molecule has 0 spiro atoms. The van der Waals surface area contributed by atoms with E-state index in [2.05, 4.69) is 40.1 Å². The molecule has 6 heteroatoms. The Kier molecular flexibility index (Phi) is 7.88. The molecule has 0 aromatic heterocycles. The summed E-state index contributed by atoms with van der Waals surface area (Å²) >= 11 is 3.53. The summed E-state index contributed by atoms with van der Waals surface area (Å²) in [6.45, 7) is 6.77. The summed E-state index contributed by atoms with van der Waals surface area (Å²) in [7, 11) is 1.71. The van der Waals surface area contributed by atoms with E-state index in [0.29, 0.717) is 18.2 Å². The summed E-state index contributed by atoms with van der Waals surface area (Å²) in [6, 6.07) is 6.01. The molecule has 0 saturated carbocycles. The van der Waals surface area contributed by atoms with Gasteiger partial charge in [-0.25, -0.2) is 5.84 Å². The first-order valence-electron chi connectivity index (χ1n) is 7.05. The third-order valence-electron chi connectivity index (χ3n) is 3.62. The predicted octanol–water partition coefficient (Wildman–Crippen LogP) is 2.30. The lowest BCUT2D eigenvalue weighted by Crippen LogP contribution is -2.35. The Labute approximate surface area is 134 Å². The second kappa shape index (κ2) is 9.15. The lowest BCUT2D eigenvalue weighted by molar-refractivity contribution is 0.0953. The van der Waals surface area contributed by atoms with Gasteiger partial charge in [-0.1, -0.05) is 28.9 Å². The second-order valence-electron chi connectivity index (χ2n) is 5.00. The van der Waals surface area contributed by atoms with Crippen LogP contribution >= 0.6 is 15.9 Å². The molecule has 0 bridgehead atoms. The number of carbonyl (C=O) groups is 1. The zero-order valence-corrected chi connectivity index (χ0v) is 14.4.